The van der Waals surface area contributed by atoms with Gasteiger partial charge in [-0.15, -0.1) is 11.3 Å². The highest BCUT2D eigenvalue weighted by atomic mass is 35.5. The summed E-state index contributed by atoms with van der Waals surface area (Å²) in [7, 11) is 0. The van der Waals surface area contributed by atoms with Gasteiger partial charge in [-0.05, 0) is 54.1 Å². The average Bonchev–Trinajstić information content (AvgIpc) is 3.33. The van der Waals surface area contributed by atoms with E-state index in [0.717, 1.165) is 13.0 Å². The second-order valence-electron chi connectivity index (χ2n) is 9.14. The Balaban J connectivity index is 1.27. The second kappa shape index (κ2) is 10.3. The van der Waals surface area contributed by atoms with Crippen molar-refractivity contribution in [3.05, 3.63) is 91.6 Å². The number of carbonyl (C=O) groups excluding carboxylic acids is 2. The van der Waals surface area contributed by atoms with Crippen LogP contribution in [0.25, 0.3) is 0 Å². The van der Waals surface area contributed by atoms with Crippen molar-refractivity contribution in [2.75, 3.05) is 32.7 Å². The number of thiophene rings is 1. The molecule has 0 spiro atoms. The highest BCUT2D eigenvalue weighted by Crippen LogP contribution is 2.37. The Morgan fingerprint density at radius 3 is 2.57 bits per heavy atom. The summed E-state index contributed by atoms with van der Waals surface area (Å²) in [6.07, 6.45) is 0.962. The van der Waals surface area contributed by atoms with Crippen LogP contribution in [-0.4, -0.2) is 65.3 Å². The third-order valence-corrected chi connectivity index (χ3v) is 8.47. The van der Waals surface area contributed by atoms with Gasteiger partial charge in [-0.3, -0.25) is 14.5 Å². The van der Waals surface area contributed by atoms with Gasteiger partial charge in [0.15, 0.2) is 0 Å². The van der Waals surface area contributed by atoms with Crippen LogP contribution in [0.1, 0.15) is 39.3 Å². The standard InChI is InChI=1S/C27H27Cl2N3O2S/c1-18-16-30(12-13-32(18)27(34)21-8-7-20(28)15-23(21)29)25(33)17-31-11-9-24-22(10-14-35-24)26(31)19-5-3-2-4-6-19/h2-8,10,14-15,18,26H,9,11-13,16-17H2,1H3/t18-,26-/m1/s1. The lowest BCUT2D eigenvalue weighted by Gasteiger charge is -2.42. The summed E-state index contributed by atoms with van der Waals surface area (Å²) < 4.78 is 0. The molecule has 2 aliphatic heterocycles. The number of nitrogens with zero attached hydrogens (tertiary/aromatic N) is 3. The Labute approximate surface area is 219 Å². The summed E-state index contributed by atoms with van der Waals surface area (Å²) in [5.41, 5.74) is 2.96. The van der Waals surface area contributed by atoms with E-state index in [-0.39, 0.29) is 23.9 Å². The Morgan fingerprint density at radius 1 is 1.03 bits per heavy atom. The van der Waals surface area contributed by atoms with Crippen molar-refractivity contribution in [1.82, 2.24) is 14.7 Å². The molecule has 3 aromatic rings. The largest absolute Gasteiger partial charge is 0.338 e. The van der Waals surface area contributed by atoms with Crippen LogP contribution < -0.4 is 0 Å². The normalized spacial score (nSPS) is 20.5. The predicted octanol–water partition coefficient (Wildman–Crippen LogP) is 5.38. The molecule has 8 heteroatoms. The molecule has 2 aliphatic rings. The third-order valence-electron chi connectivity index (χ3n) is 6.92. The van der Waals surface area contributed by atoms with Gasteiger partial charge in [0.1, 0.15) is 0 Å². The smallest absolute Gasteiger partial charge is 0.255 e. The van der Waals surface area contributed by atoms with Crippen LogP contribution >= 0.6 is 34.5 Å². The summed E-state index contributed by atoms with van der Waals surface area (Å²) in [6.45, 7) is 4.67. The maximum Gasteiger partial charge on any atom is 0.255 e. The molecule has 0 aliphatic carbocycles. The first-order valence-electron chi connectivity index (χ1n) is 11.8. The molecule has 1 fully saturated rings. The molecule has 3 heterocycles. The van der Waals surface area contributed by atoms with Crippen LogP contribution in [0.4, 0.5) is 0 Å². The van der Waals surface area contributed by atoms with Gasteiger partial charge in [0.25, 0.3) is 5.91 Å². The lowest BCUT2D eigenvalue weighted by Crippen LogP contribution is -2.57. The van der Waals surface area contributed by atoms with Crippen molar-refractivity contribution >= 4 is 46.4 Å². The van der Waals surface area contributed by atoms with E-state index in [0.29, 0.717) is 41.8 Å². The van der Waals surface area contributed by atoms with E-state index in [1.807, 2.05) is 17.9 Å². The zero-order chi connectivity index (χ0) is 24.5. The quantitative estimate of drug-likeness (QED) is 0.457. The SMILES string of the molecule is C[C@@H]1CN(C(=O)CN2CCc3sccc3[C@H]2c2ccccc2)CCN1C(=O)c1ccc(Cl)cc1Cl. The van der Waals surface area contributed by atoms with Gasteiger partial charge in [-0.2, -0.15) is 0 Å². The van der Waals surface area contributed by atoms with Crippen LogP contribution in [0, 0.1) is 0 Å². The van der Waals surface area contributed by atoms with E-state index < -0.39 is 0 Å². The van der Waals surface area contributed by atoms with E-state index in [9.17, 15) is 9.59 Å². The molecule has 2 amide bonds. The zero-order valence-electron chi connectivity index (χ0n) is 19.5. The lowest BCUT2D eigenvalue weighted by atomic mass is 9.93. The summed E-state index contributed by atoms with van der Waals surface area (Å²) in [6, 6.07) is 17.5. The van der Waals surface area contributed by atoms with E-state index in [2.05, 4.69) is 40.6 Å². The molecular formula is C27H27Cl2N3O2S. The van der Waals surface area contributed by atoms with Crippen molar-refractivity contribution in [1.29, 1.82) is 0 Å². The molecule has 0 saturated carbocycles. The van der Waals surface area contributed by atoms with Crippen LogP contribution in [0.5, 0.6) is 0 Å². The fraction of sp³-hybridized carbons (Fsp3) is 0.333. The summed E-state index contributed by atoms with van der Waals surface area (Å²) in [5.74, 6) is -0.0236. The van der Waals surface area contributed by atoms with E-state index in [1.165, 1.54) is 16.0 Å². The average molecular weight is 529 g/mol. The number of benzene rings is 2. The Kier molecular flexibility index (Phi) is 7.17. The molecule has 2 atom stereocenters. The van der Waals surface area contributed by atoms with Crippen molar-refractivity contribution in [3.8, 4) is 0 Å². The minimum Gasteiger partial charge on any atom is -0.338 e. The van der Waals surface area contributed by atoms with Crippen molar-refractivity contribution in [3.63, 3.8) is 0 Å². The fourth-order valence-electron chi connectivity index (χ4n) is 5.14. The lowest BCUT2D eigenvalue weighted by molar-refractivity contribution is -0.135. The number of amides is 2. The van der Waals surface area contributed by atoms with E-state index >= 15 is 0 Å². The first kappa shape index (κ1) is 24.3. The van der Waals surface area contributed by atoms with E-state index in [1.54, 1.807) is 34.4 Å². The first-order valence-corrected chi connectivity index (χ1v) is 13.4. The number of halogens is 2. The topological polar surface area (TPSA) is 43.9 Å². The molecule has 0 unspecified atom stereocenters. The van der Waals surface area contributed by atoms with Gasteiger partial charge >= 0.3 is 0 Å². The van der Waals surface area contributed by atoms with Crippen molar-refractivity contribution in [2.45, 2.75) is 25.4 Å². The Bertz CT molecular complexity index is 1230. The molecule has 0 radical (unpaired) electrons. The maximum atomic E-state index is 13.4. The predicted molar refractivity (Wildman–Crippen MR) is 141 cm³/mol. The summed E-state index contributed by atoms with van der Waals surface area (Å²) >= 11 is 14.1. The monoisotopic (exact) mass is 527 g/mol. The number of fused-ring (bicyclic) bond motifs is 1. The number of hydrogen-bond donors (Lipinski definition) is 0. The molecule has 5 rings (SSSR count). The van der Waals surface area contributed by atoms with Gasteiger partial charge in [0, 0.05) is 42.1 Å². The van der Waals surface area contributed by atoms with Gasteiger partial charge in [0.05, 0.1) is 23.2 Å². The molecule has 5 nitrogen and oxygen atoms in total. The third kappa shape index (κ3) is 4.98. The number of carbonyl (C=O) groups is 2. The second-order valence-corrected chi connectivity index (χ2v) is 11.0. The van der Waals surface area contributed by atoms with E-state index in [4.69, 9.17) is 23.2 Å². The summed E-state index contributed by atoms with van der Waals surface area (Å²) in [5, 5.41) is 2.99. The fourth-order valence-corrected chi connectivity index (χ4v) is 6.53. The van der Waals surface area contributed by atoms with Crippen LogP contribution in [0.3, 0.4) is 0 Å². The molecule has 35 heavy (non-hydrogen) atoms. The summed E-state index contributed by atoms with van der Waals surface area (Å²) in [4.78, 5) is 33.9. The van der Waals surface area contributed by atoms with Gasteiger partial charge in [-0.25, -0.2) is 0 Å². The van der Waals surface area contributed by atoms with Crippen molar-refractivity contribution in [2.24, 2.45) is 0 Å². The molecular weight excluding hydrogens is 501 g/mol. The minimum absolute atomic E-state index is 0.0856. The number of piperazine rings is 1. The van der Waals surface area contributed by atoms with Gasteiger partial charge in [-0.1, -0.05) is 53.5 Å². The molecule has 2 aromatic carbocycles. The zero-order valence-corrected chi connectivity index (χ0v) is 21.8. The molecule has 0 bridgehead atoms. The van der Waals surface area contributed by atoms with Crippen LogP contribution in [-0.2, 0) is 11.2 Å². The molecule has 1 aromatic heterocycles. The number of hydrogen-bond acceptors (Lipinski definition) is 4. The molecule has 182 valence electrons. The highest BCUT2D eigenvalue weighted by molar-refractivity contribution is 7.10. The number of rotatable bonds is 4. The first-order chi connectivity index (χ1) is 16.9. The Hall–Kier alpha value is -2.38. The minimum atomic E-state index is -0.128. The molecule has 1 saturated heterocycles. The maximum absolute atomic E-state index is 13.4. The van der Waals surface area contributed by atoms with Crippen LogP contribution in [0.2, 0.25) is 10.0 Å². The van der Waals surface area contributed by atoms with Crippen molar-refractivity contribution < 1.29 is 9.59 Å². The van der Waals surface area contributed by atoms with Gasteiger partial charge in [0.2, 0.25) is 5.91 Å². The Morgan fingerprint density at radius 2 is 1.83 bits per heavy atom. The van der Waals surface area contributed by atoms with Gasteiger partial charge < -0.3 is 9.80 Å². The van der Waals surface area contributed by atoms with Crippen LogP contribution in [0.15, 0.2) is 60.0 Å². The highest BCUT2D eigenvalue weighted by Gasteiger charge is 2.35. The molecule has 0 N–H and O–H groups in total.